The monoisotopic (exact) mass is 399 g/mol. The molecule has 1 aromatic heterocycles. The van der Waals surface area contributed by atoms with Crippen molar-refractivity contribution in [3.05, 3.63) is 21.9 Å². The van der Waals surface area contributed by atoms with Gasteiger partial charge in [-0.05, 0) is 38.8 Å². The van der Waals surface area contributed by atoms with Crippen molar-refractivity contribution in [1.29, 1.82) is 0 Å². The molecule has 7 nitrogen and oxygen atoms in total. The Morgan fingerprint density at radius 3 is 2.65 bits per heavy atom. The Hall–Kier alpha value is -1.45. The number of sulfonamides is 1. The summed E-state index contributed by atoms with van der Waals surface area (Å²) < 4.78 is 26.4. The second kappa shape index (κ2) is 7.28. The van der Waals surface area contributed by atoms with Crippen LogP contribution in [0.25, 0.3) is 0 Å². The number of carbonyl (C=O) groups excluding carboxylic acids is 2. The van der Waals surface area contributed by atoms with E-state index >= 15 is 0 Å². The van der Waals surface area contributed by atoms with Gasteiger partial charge in [0.1, 0.15) is 6.04 Å². The summed E-state index contributed by atoms with van der Waals surface area (Å²) >= 11 is 1.34. The van der Waals surface area contributed by atoms with Gasteiger partial charge in [-0.25, -0.2) is 8.42 Å². The fraction of sp³-hybridized carbons (Fsp3) is 0.647. The molecule has 1 aromatic rings. The zero-order valence-corrected chi connectivity index (χ0v) is 16.7. The third-order valence-electron chi connectivity index (χ3n) is 5.16. The highest BCUT2D eigenvalue weighted by atomic mass is 32.2. The van der Waals surface area contributed by atoms with Crippen LogP contribution in [-0.2, 0) is 14.8 Å². The maximum Gasteiger partial charge on any atom is 0.262 e. The molecule has 2 aliphatic rings. The molecule has 1 unspecified atom stereocenters. The second-order valence-electron chi connectivity index (χ2n) is 7.11. The van der Waals surface area contributed by atoms with Crippen LogP contribution in [0.3, 0.4) is 0 Å². The van der Waals surface area contributed by atoms with E-state index in [1.165, 1.54) is 15.6 Å². The standard InChI is InChI=1S/C17H25N3O4S2/c1-3-26(23,24)20-10-13(18-16(22)14-7-6-12(2)25-14)15(21)19-17(11-20)8-4-5-9-17/h6-7,13H,3-5,8-11H2,1-2H3,(H,18,22)(H,19,21). The predicted octanol–water partition coefficient (Wildman–Crippen LogP) is 1.25. The van der Waals surface area contributed by atoms with Gasteiger partial charge in [0.25, 0.3) is 5.91 Å². The first-order valence-corrected chi connectivity index (χ1v) is 11.3. The highest BCUT2D eigenvalue weighted by molar-refractivity contribution is 7.89. The molecular weight excluding hydrogens is 374 g/mol. The first-order chi connectivity index (χ1) is 12.2. The number of carbonyl (C=O) groups is 2. The van der Waals surface area contributed by atoms with E-state index in [1.54, 1.807) is 13.0 Å². The van der Waals surface area contributed by atoms with Crippen molar-refractivity contribution in [2.24, 2.45) is 0 Å². The van der Waals surface area contributed by atoms with Crippen LogP contribution in [0.5, 0.6) is 0 Å². The molecular formula is C17H25N3O4S2. The molecule has 0 aromatic carbocycles. The predicted molar refractivity (Wildman–Crippen MR) is 101 cm³/mol. The van der Waals surface area contributed by atoms with Crippen molar-refractivity contribution in [3.63, 3.8) is 0 Å². The van der Waals surface area contributed by atoms with Gasteiger partial charge in [-0.2, -0.15) is 4.31 Å². The number of amides is 2. The lowest BCUT2D eigenvalue weighted by atomic mass is 9.98. The molecule has 1 aliphatic carbocycles. The molecule has 2 fully saturated rings. The zero-order chi connectivity index (χ0) is 18.9. The molecule has 2 amide bonds. The van der Waals surface area contributed by atoms with E-state index in [4.69, 9.17) is 0 Å². The normalized spacial score (nSPS) is 23.6. The molecule has 2 heterocycles. The molecule has 1 saturated heterocycles. The maximum atomic E-state index is 12.8. The van der Waals surface area contributed by atoms with Crippen LogP contribution in [0.2, 0.25) is 0 Å². The molecule has 0 bridgehead atoms. The van der Waals surface area contributed by atoms with Crippen LogP contribution in [0.4, 0.5) is 0 Å². The van der Waals surface area contributed by atoms with E-state index in [-0.39, 0.29) is 30.7 Å². The molecule has 0 radical (unpaired) electrons. The van der Waals surface area contributed by atoms with E-state index < -0.39 is 21.6 Å². The SMILES string of the molecule is CCS(=O)(=O)N1CC(NC(=O)c2ccc(C)s2)C(=O)NC2(CCCC2)C1. The van der Waals surface area contributed by atoms with Crippen LogP contribution in [0.15, 0.2) is 12.1 Å². The zero-order valence-electron chi connectivity index (χ0n) is 15.1. The van der Waals surface area contributed by atoms with Gasteiger partial charge in [-0.15, -0.1) is 11.3 Å². The third kappa shape index (κ3) is 3.94. The number of thiophene rings is 1. The van der Waals surface area contributed by atoms with E-state index in [9.17, 15) is 18.0 Å². The fourth-order valence-electron chi connectivity index (χ4n) is 3.70. The Morgan fingerprint density at radius 1 is 1.38 bits per heavy atom. The number of nitrogens with one attached hydrogen (secondary N) is 2. The molecule has 26 heavy (non-hydrogen) atoms. The summed E-state index contributed by atoms with van der Waals surface area (Å²) in [5.74, 6) is -0.677. The summed E-state index contributed by atoms with van der Waals surface area (Å²) in [6, 6.07) is 2.66. The summed E-state index contributed by atoms with van der Waals surface area (Å²) in [6.45, 7) is 3.75. The molecule has 1 saturated carbocycles. The third-order valence-corrected chi connectivity index (χ3v) is 7.95. The van der Waals surface area contributed by atoms with Crippen molar-refractivity contribution < 1.29 is 18.0 Å². The summed E-state index contributed by atoms with van der Waals surface area (Å²) in [5, 5.41) is 5.76. The minimum Gasteiger partial charge on any atom is -0.348 e. The topological polar surface area (TPSA) is 95.6 Å². The molecule has 1 atom stereocenters. The maximum absolute atomic E-state index is 12.8. The molecule has 9 heteroatoms. The molecule has 1 spiro atoms. The summed E-state index contributed by atoms with van der Waals surface area (Å²) in [6.07, 6.45) is 3.45. The van der Waals surface area contributed by atoms with Crippen molar-refractivity contribution in [3.8, 4) is 0 Å². The van der Waals surface area contributed by atoms with E-state index in [0.29, 0.717) is 4.88 Å². The molecule has 3 rings (SSSR count). The summed E-state index contributed by atoms with van der Waals surface area (Å²) in [7, 11) is -3.47. The lowest BCUT2D eigenvalue weighted by molar-refractivity contribution is -0.124. The van der Waals surface area contributed by atoms with Crippen LogP contribution < -0.4 is 10.6 Å². The van der Waals surface area contributed by atoms with Crippen LogP contribution in [0, 0.1) is 6.92 Å². The van der Waals surface area contributed by atoms with Crippen molar-refractivity contribution in [1.82, 2.24) is 14.9 Å². The minimum absolute atomic E-state index is 0.0257. The average Bonchev–Trinajstić information content (AvgIpc) is 3.19. The van der Waals surface area contributed by atoms with Gasteiger partial charge >= 0.3 is 0 Å². The van der Waals surface area contributed by atoms with Gasteiger partial charge in [0.15, 0.2) is 0 Å². The largest absolute Gasteiger partial charge is 0.348 e. The number of aryl methyl sites for hydroxylation is 1. The Kier molecular flexibility index (Phi) is 5.41. The molecule has 2 N–H and O–H groups in total. The lowest BCUT2D eigenvalue weighted by Gasteiger charge is -2.32. The Morgan fingerprint density at radius 2 is 2.08 bits per heavy atom. The first kappa shape index (κ1) is 19.3. The van der Waals surface area contributed by atoms with Crippen LogP contribution in [-0.4, -0.2) is 55.0 Å². The van der Waals surface area contributed by atoms with E-state index in [2.05, 4.69) is 10.6 Å². The highest BCUT2D eigenvalue weighted by Gasteiger charge is 2.45. The smallest absolute Gasteiger partial charge is 0.262 e. The van der Waals surface area contributed by atoms with E-state index in [1.807, 2.05) is 13.0 Å². The quantitative estimate of drug-likeness (QED) is 0.796. The van der Waals surface area contributed by atoms with Crippen molar-refractivity contribution >= 4 is 33.2 Å². The first-order valence-electron chi connectivity index (χ1n) is 8.92. The van der Waals surface area contributed by atoms with Gasteiger partial charge in [-0.1, -0.05) is 12.8 Å². The Labute approximate surface area is 158 Å². The van der Waals surface area contributed by atoms with Gasteiger partial charge in [0.05, 0.1) is 16.2 Å². The van der Waals surface area contributed by atoms with Gasteiger partial charge in [0.2, 0.25) is 15.9 Å². The van der Waals surface area contributed by atoms with Gasteiger partial charge in [0, 0.05) is 18.0 Å². The van der Waals surface area contributed by atoms with Crippen LogP contribution >= 0.6 is 11.3 Å². The lowest BCUT2D eigenvalue weighted by Crippen LogP contribution is -2.54. The Balaban J connectivity index is 1.84. The number of hydrogen-bond donors (Lipinski definition) is 2. The van der Waals surface area contributed by atoms with Crippen molar-refractivity contribution in [2.75, 3.05) is 18.8 Å². The molecule has 1 aliphatic heterocycles. The average molecular weight is 400 g/mol. The number of nitrogens with zero attached hydrogens (tertiary/aromatic N) is 1. The Bertz CT molecular complexity index is 797. The number of rotatable bonds is 4. The highest BCUT2D eigenvalue weighted by Crippen LogP contribution is 2.32. The second-order valence-corrected chi connectivity index (χ2v) is 10.7. The summed E-state index contributed by atoms with van der Waals surface area (Å²) in [4.78, 5) is 26.8. The summed E-state index contributed by atoms with van der Waals surface area (Å²) in [5.41, 5.74) is -0.516. The minimum atomic E-state index is -3.47. The van der Waals surface area contributed by atoms with Gasteiger partial charge < -0.3 is 10.6 Å². The van der Waals surface area contributed by atoms with Gasteiger partial charge in [-0.3, -0.25) is 9.59 Å². The van der Waals surface area contributed by atoms with E-state index in [0.717, 1.165) is 30.6 Å². The fourth-order valence-corrected chi connectivity index (χ4v) is 5.66. The van der Waals surface area contributed by atoms with Crippen LogP contribution in [0.1, 0.15) is 47.2 Å². The molecule has 144 valence electrons. The number of hydrogen-bond acceptors (Lipinski definition) is 5. The van der Waals surface area contributed by atoms with Crippen molar-refractivity contribution in [2.45, 2.75) is 51.1 Å².